The van der Waals surface area contributed by atoms with E-state index in [4.69, 9.17) is 9.84 Å². The summed E-state index contributed by atoms with van der Waals surface area (Å²) in [6, 6.07) is 18.4. The van der Waals surface area contributed by atoms with Crippen LogP contribution in [-0.2, 0) is 16.6 Å². The number of aromatic nitrogens is 1. The molecule has 9 heteroatoms. The summed E-state index contributed by atoms with van der Waals surface area (Å²) in [5.74, 6) is -0.599. The van der Waals surface area contributed by atoms with Crippen molar-refractivity contribution in [3.63, 3.8) is 0 Å². The van der Waals surface area contributed by atoms with Crippen molar-refractivity contribution in [1.82, 2.24) is 14.8 Å². The molecule has 1 aliphatic rings. The largest absolute Gasteiger partial charge is 0.394 e. The summed E-state index contributed by atoms with van der Waals surface area (Å²) < 4.78 is 7.33. The van der Waals surface area contributed by atoms with E-state index in [1.54, 1.807) is 0 Å². The highest BCUT2D eigenvalue weighted by Crippen LogP contribution is 2.28. The summed E-state index contributed by atoms with van der Waals surface area (Å²) in [7, 11) is 1.88. The molecule has 0 saturated carbocycles. The van der Waals surface area contributed by atoms with Gasteiger partial charge in [0, 0.05) is 56.8 Å². The number of nitriles is 1. The molecule has 2 aromatic carbocycles. The molecule has 3 aromatic rings. The Labute approximate surface area is 230 Å². The number of hydrogen-bond donors (Lipinski definition) is 4. The first kappa shape index (κ1) is 29.9. The van der Waals surface area contributed by atoms with E-state index in [9.17, 15) is 15.2 Å². The van der Waals surface area contributed by atoms with Gasteiger partial charge in [0.05, 0.1) is 25.9 Å². The average Bonchev–Trinajstić information content (AvgIpc) is 3.35. The predicted octanol–water partition coefficient (Wildman–Crippen LogP) is 2.99. The zero-order valence-corrected chi connectivity index (χ0v) is 23.0. The van der Waals surface area contributed by atoms with Gasteiger partial charge in [-0.05, 0) is 52.7 Å². The number of aliphatic hydroxyl groups is 2. The monoisotopic (exact) mass is 533 g/mol. The zero-order chi connectivity index (χ0) is 28.2. The molecule has 0 spiro atoms. The van der Waals surface area contributed by atoms with E-state index in [-0.39, 0.29) is 12.1 Å². The summed E-state index contributed by atoms with van der Waals surface area (Å²) in [6.45, 7) is 8.86. The van der Waals surface area contributed by atoms with Gasteiger partial charge in [-0.15, -0.1) is 0 Å². The lowest BCUT2D eigenvalue weighted by Gasteiger charge is -2.26. The van der Waals surface area contributed by atoms with Crippen LogP contribution in [0.5, 0.6) is 0 Å². The molecule has 1 aliphatic heterocycles. The van der Waals surface area contributed by atoms with Crippen LogP contribution in [0.15, 0.2) is 54.1 Å². The first-order chi connectivity index (χ1) is 19.0. The molecule has 9 nitrogen and oxygen atoms in total. The fraction of sp³-hybridized carbons (Fsp3) is 0.400. The van der Waals surface area contributed by atoms with Gasteiger partial charge in [-0.1, -0.05) is 32.0 Å². The summed E-state index contributed by atoms with van der Waals surface area (Å²) in [5, 5.41) is 36.0. The van der Waals surface area contributed by atoms with E-state index in [0.717, 1.165) is 67.1 Å². The van der Waals surface area contributed by atoms with E-state index in [1.165, 1.54) is 6.08 Å². The molecule has 1 unspecified atom stereocenters. The Bertz CT molecular complexity index is 1300. The number of hydrogen-bond acceptors (Lipinski definition) is 7. The minimum atomic E-state index is -1.07. The number of aliphatic hydroxyl groups excluding tert-OH is 2. The van der Waals surface area contributed by atoms with Crippen LogP contribution in [0.3, 0.4) is 0 Å². The molecule has 1 fully saturated rings. The first-order valence-corrected chi connectivity index (χ1v) is 13.4. The standard InChI is InChI=1S/C28H33N5O4.C2H6/c1-32-25(16-23(17-29)28(36)31-18-26(35)19-34)6-7-27(32)22-3-2-21-15-24(5-4-20(21)14-22)30-8-9-33-10-12-37-13-11-33;1-2/h2-7,14-16,26,30,34-35H,8-13,18-19H2,1H3,(H,31,36);1-2H3/b23-16+;. The molecule has 39 heavy (non-hydrogen) atoms. The fourth-order valence-corrected chi connectivity index (χ4v) is 4.33. The smallest absolute Gasteiger partial charge is 0.262 e. The highest BCUT2D eigenvalue weighted by Gasteiger charge is 2.14. The van der Waals surface area contributed by atoms with Gasteiger partial charge in [-0.3, -0.25) is 9.69 Å². The number of fused-ring (bicyclic) bond motifs is 1. The van der Waals surface area contributed by atoms with Crippen LogP contribution in [-0.4, -0.2) is 84.2 Å². The number of carbonyl (C=O) groups is 1. The van der Waals surface area contributed by atoms with Gasteiger partial charge in [0.2, 0.25) is 0 Å². The zero-order valence-electron chi connectivity index (χ0n) is 23.0. The van der Waals surface area contributed by atoms with Crippen LogP contribution in [0, 0.1) is 11.3 Å². The van der Waals surface area contributed by atoms with E-state index in [2.05, 4.69) is 51.9 Å². The van der Waals surface area contributed by atoms with Gasteiger partial charge in [0.1, 0.15) is 11.6 Å². The Morgan fingerprint density at radius 1 is 1.13 bits per heavy atom. The average molecular weight is 534 g/mol. The minimum absolute atomic E-state index is 0.0787. The van der Waals surface area contributed by atoms with Crippen molar-refractivity contribution in [3.8, 4) is 17.3 Å². The fourth-order valence-electron chi connectivity index (χ4n) is 4.33. The van der Waals surface area contributed by atoms with E-state index in [1.807, 2.05) is 43.7 Å². The molecule has 1 amide bonds. The maximum absolute atomic E-state index is 12.3. The van der Waals surface area contributed by atoms with E-state index >= 15 is 0 Å². The van der Waals surface area contributed by atoms with Crippen molar-refractivity contribution in [1.29, 1.82) is 5.26 Å². The van der Waals surface area contributed by atoms with Crippen LogP contribution in [0.4, 0.5) is 5.69 Å². The number of benzene rings is 2. The quantitative estimate of drug-likeness (QED) is 0.233. The van der Waals surface area contributed by atoms with Crippen molar-refractivity contribution in [2.75, 3.05) is 57.9 Å². The third-order valence-electron chi connectivity index (χ3n) is 6.52. The molecular weight excluding hydrogens is 494 g/mol. The highest BCUT2D eigenvalue weighted by molar-refractivity contribution is 6.01. The second-order valence-electron chi connectivity index (χ2n) is 9.08. The SMILES string of the molecule is CC.Cn1c(/C=C(\C#N)C(=O)NCC(O)CO)ccc1-c1ccc2cc(NCCN3CCOCC3)ccc2c1. The number of anilines is 1. The molecule has 208 valence electrons. The lowest BCUT2D eigenvalue weighted by Crippen LogP contribution is -2.38. The number of nitrogens with zero attached hydrogens (tertiary/aromatic N) is 3. The van der Waals surface area contributed by atoms with Crippen molar-refractivity contribution in [3.05, 3.63) is 59.8 Å². The van der Waals surface area contributed by atoms with Crippen molar-refractivity contribution >= 4 is 28.4 Å². The summed E-state index contributed by atoms with van der Waals surface area (Å²) in [4.78, 5) is 14.7. The van der Waals surface area contributed by atoms with Crippen molar-refractivity contribution in [2.45, 2.75) is 20.0 Å². The maximum atomic E-state index is 12.3. The topological polar surface area (TPSA) is 123 Å². The number of ether oxygens (including phenoxy) is 1. The molecule has 4 rings (SSSR count). The second-order valence-corrected chi connectivity index (χ2v) is 9.08. The Morgan fingerprint density at radius 2 is 1.85 bits per heavy atom. The van der Waals surface area contributed by atoms with Crippen LogP contribution in [0.25, 0.3) is 28.1 Å². The third-order valence-corrected chi connectivity index (χ3v) is 6.52. The molecule has 4 N–H and O–H groups in total. The van der Waals surface area contributed by atoms with Gasteiger partial charge in [-0.2, -0.15) is 5.26 Å². The van der Waals surface area contributed by atoms with E-state index in [0.29, 0.717) is 5.69 Å². The summed E-state index contributed by atoms with van der Waals surface area (Å²) >= 11 is 0. The summed E-state index contributed by atoms with van der Waals surface area (Å²) in [5.41, 5.74) is 3.69. The Kier molecular flexibility index (Phi) is 11.5. The molecule has 1 saturated heterocycles. The van der Waals surface area contributed by atoms with Crippen LogP contribution < -0.4 is 10.6 Å². The number of morpholine rings is 1. The lowest BCUT2D eigenvalue weighted by molar-refractivity contribution is -0.117. The first-order valence-electron chi connectivity index (χ1n) is 13.4. The minimum Gasteiger partial charge on any atom is -0.394 e. The lowest BCUT2D eigenvalue weighted by atomic mass is 10.0. The highest BCUT2D eigenvalue weighted by atomic mass is 16.5. The Morgan fingerprint density at radius 3 is 2.56 bits per heavy atom. The van der Waals surface area contributed by atoms with Crippen LogP contribution in [0.2, 0.25) is 0 Å². The third kappa shape index (κ3) is 8.15. The molecule has 0 aliphatic carbocycles. The Balaban J connectivity index is 0.00000205. The van der Waals surface area contributed by atoms with Gasteiger partial charge < -0.3 is 30.2 Å². The van der Waals surface area contributed by atoms with Gasteiger partial charge in [0.15, 0.2) is 0 Å². The number of nitrogens with one attached hydrogen (secondary N) is 2. The molecule has 2 heterocycles. The van der Waals surface area contributed by atoms with E-state index < -0.39 is 18.6 Å². The number of amides is 1. The van der Waals surface area contributed by atoms with Gasteiger partial charge in [-0.25, -0.2) is 0 Å². The van der Waals surface area contributed by atoms with Crippen LogP contribution in [0.1, 0.15) is 19.5 Å². The molecular formula is C30H39N5O4. The number of carbonyl (C=O) groups excluding carboxylic acids is 1. The normalized spacial score (nSPS) is 14.7. The number of rotatable bonds is 10. The maximum Gasteiger partial charge on any atom is 0.262 e. The molecule has 1 atom stereocenters. The molecule has 0 radical (unpaired) electrons. The van der Waals surface area contributed by atoms with Gasteiger partial charge in [0.25, 0.3) is 5.91 Å². The van der Waals surface area contributed by atoms with Crippen molar-refractivity contribution < 1.29 is 19.7 Å². The van der Waals surface area contributed by atoms with Crippen LogP contribution >= 0.6 is 0 Å². The summed E-state index contributed by atoms with van der Waals surface area (Å²) in [6.07, 6.45) is 0.445. The molecule has 0 bridgehead atoms. The van der Waals surface area contributed by atoms with Crippen molar-refractivity contribution in [2.24, 2.45) is 7.05 Å². The van der Waals surface area contributed by atoms with Gasteiger partial charge >= 0.3 is 0 Å². The second kappa shape index (κ2) is 15.0. The Hall–Kier alpha value is -3.68. The molecule has 1 aromatic heterocycles. The predicted molar refractivity (Wildman–Crippen MR) is 155 cm³/mol.